The van der Waals surface area contributed by atoms with E-state index in [0.717, 1.165) is 6.92 Å². The molecule has 1 aliphatic rings. The first-order valence-corrected chi connectivity index (χ1v) is 8.97. The minimum atomic E-state index is -2.07. The summed E-state index contributed by atoms with van der Waals surface area (Å²) >= 11 is 0. The zero-order chi connectivity index (χ0) is 21.4. The maximum Gasteiger partial charge on any atom is 0.338 e. The van der Waals surface area contributed by atoms with Gasteiger partial charge in [-0.05, 0) is 18.2 Å². The van der Waals surface area contributed by atoms with Gasteiger partial charge < -0.3 is 29.2 Å². The molecule has 1 aliphatic carbocycles. The van der Waals surface area contributed by atoms with Crippen LogP contribution in [-0.4, -0.2) is 71.9 Å². The topological polar surface area (TPSA) is 129 Å². The molecule has 9 heteroatoms. The Morgan fingerprint density at radius 2 is 1.69 bits per heavy atom. The third kappa shape index (κ3) is 5.86. The number of esters is 3. The molecule has 9 nitrogen and oxygen atoms in total. The highest BCUT2D eigenvalue weighted by Crippen LogP contribution is 2.32. The Bertz CT molecular complexity index is 746. The van der Waals surface area contributed by atoms with E-state index >= 15 is 0 Å². The molecule has 0 unspecified atom stereocenters. The number of carbonyl (C=O) groups excluding carboxylic acids is 3. The van der Waals surface area contributed by atoms with Crippen LogP contribution in [0.1, 0.15) is 24.2 Å². The van der Waals surface area contributed by atoms with Crippen molar-refractivity contribution in [3.05, 3.63) is 48.0 Å². The highest BCUT2D eigenvalue weighted by atomic mass is 16.6. The van der Waals surface area contributed by atoms with Crippen molar-refractivity contribution >= 4 is 17.9 Å². The van der Waals surface area contributed by atoms with Gasteiger partial charge in [-0.2, -0.15) is 0 Å². The molecular formula is C20H24O9. The summed E-state index contributed by atoms with van der Waals surface area (Å²) in [7, 11) is 0. The van der Waals surface area contributed by atoms with Crippen LogP contribution in [0, 0.1) is 0 Å². The summed E-state index contributed by atoms with van der Waals surface area (Å²) in [5.41, 5.74) is -1.81. The minimum Gasteiger partial charge on any atom is -0.459 e. The van der Waals surface area contributed by atoms with Crippen LogP contribution in [0.4, 0.5) is 0 Å². The zero-order valence-corrected chi connectivity index (χ0v) is 16.1. The third-order valence-corrected chi connectivity index (χ3v) is 4.19. The fourth-order valence-electron chi connectivity index (χ4n) is 2.95. The summed E-state index contributed by atoms with van der Waals surface area (Å²) < 4.78 is 21.0. The fraction of sp³-hybridized carbons (Fsp3) is 0.450. The second kappa shape index (κ2) is 10.1. The first kappa shape index (κ1) is 22.5. The van der Waals surface area contributed by atoms with Crippen molar-refractivity contribution in [1.82, 2.24) is 0 Å². The zero-order valence-electron chi connectivity index (χ0n) is 16.1. The van der Waals surface area contributed by atoms with Crippen molar-refractivity contribution in [3.63, 3.8) is 0 Å². The largest absolute Gasteiger partial charge is 0.459 e. The van der Waals surface area contributed by atoms with Gasteiger partial charge in [0.25, 0.3) is 0 Å². The molecule has 0 aliphatic heterocycles. The second-order valence-electron chi connectivity index (χ2n) is 6.44. The summed E-state index contributed by atoms with van der Waals surface area (Å²) in [6.07, 6.45) is -0.814. The minimum absolute atomic E-state index is 0.130. The molecule has 0 saturated heterocycles. The van der Waals surface area contributed by atoms with E-state index < -0.39 is 48.4 Å². The number of aliphatic hydroxyl groups excluding tert-OH is 1. The van der Waals surface area contributed by atoms with Gasteiger partial charge in [0.15, 0.2) is 17.8 Å². The highest BCUT2D eigenvalue weighted by molar-refractivity contribution is 5.89. The lowest BCUT2D eigenvalue weighted by Gasteiger charge is -2.43. The van der Waals surface area contributed by atoms with E-state index in [1.807, 2.05) is 0 Å². The molecule has 1 aromatic rings. The first-order chi connectivity index (χ1) is 13.8. The summed E-state index contributed by atoms with van der Waals surface area (Å²) in [6.45, 7) is 1.23. The average Bonchev–Trinajstić information content (AvgIpc) is 2.68. The Morgan fingerprint density at radius 1 is 1.03 bits per heavy atom. The Balaban J connectivity index is 2.31. The molecular weight excluding hydrogens is 384 g/mol. The number of hydrogen-bond acceptors (Lipinski definition) is 9. The van der Waals surface area contributed by atoms with E-state index in [9.17, 15) is 19.5 Å². The van der Waals surface area contributed by atoms with Crippen molar-refractivity contribution in [3.8, 4) is 0 Å². The van der Waals surface area contributed by atoms with Crippen molar-refractivity contribution in [2.45, 2.75) is 37.8 Å². The monoisotopic (exact) mass is 408 g/mol. The summed E-state index contributed by atoms with van der Waals surface area (Å²) in [4.78, 5) is 35.4. The van der Waals surface area contributed by atoms with Crippen LogP contribution in [0.5, 0.6) is 0 Å². The number of benzene rings is 1. The Labute approximate surface area is 167 Å². The van der Waals surface area contributed by atoms with Gasteiger partial charge in [0.1, 0.15) is 12.7 Å². The maximum absolute atomic E-state index is 12.3. The summed E-state index contributed by atoms with van der Waals surface area (Å²) in [5.74, 6) is -2.11. The average molecular weight is 408 g/mol. The molecule has 0 heterocycles. The van der Waals surface area contributed by atoms with Crippen LogP contribution in [0.3, 0.4) is 0 Å². The summed E-state index contributed by atoms with van der Waals surface area (Å²) in [5, 5.41) is 20.4. The molecule has 0 spiro atoms. The van der Waals surface area contributed by atoms with Gasteiger partial charge in [-0.1, -0.05) is 24.3 Å². The quantitative estimate of drug-likeness (QED) is 0.356. The van der Waals surface area contributed by atoms with Gasteiger partial charge in [-0.3, -0.25) is 9.59 Å². The molecule has 4 atom stereocenters. The molecule has 1 aromatic carbocycles. The number of aliphatic hydroxyl groups is 2. The van der Waals surface area contributed by atoms with E-state index in [4.69, 9.17) is 24.1 Å². The first-order valence-electron chi connectivity index (χ1n) is 8.97. The van der Waals surface area contributed by atoms with Crippen molar-refractivity contribution in [2.24, 2.45) is 0 Å². The molecule has 0 radical (unpaired) electrons. The Morgan fingerprint density at radius 3 is 2.28 bits per heavy atom. The van der Waals surface area contributed by atoms with Crippen LogP contribution < -0.4 is 0 Å². The molecule has 0 aromatic heterocycles. The third-order valence-electron chi connectivity index (χ3n) is 4.19. The summed E-state index contributed by atoms with van der Waals surface area (Å²) in [6, 6.07) is 8.12. The van der Waals surface area contributed by atoms with Crippen LogP contribution in [0.15, 0.2) is 42.5 Å². The Hall–Kier alpha value is -2.75. The van der Waals surface area contributed by atoms with Crippen LogP contribution in [0.2, 0.25) is 0 Å². The van der Waals surface area contributed by atoms with E-state index in [0.29, 0.717) is 0 Å². The van der Waals surface area contributed by atoms with Crippen molar-refractivity contribution in [1.29, 1.82) is 0 Å². The highest BCUT2D eigenvalue weighted by Gasteiger charge is 2.54. The maximum atomic E-state index is 12.3. The lowest BCUT2D eigenvalue weighted by atomic mass is 9.82. The van der Waals surface area contributed by atoms with Gasteiger partial charge in [0.05, 0.1) is 18.8 Å². The van der Waals surface area contributed by atoms with Crippen LogP contribution in [-0.2, 0) is 28.5 Å². The number of rotatable bonds is 8. The molecule has 2 N–H and O–H groups in total. The van der Waals surface area contributed by atoms with E-state index in [1.54, 1.807) is 18.2 Å². The van der Waals surface area contributed by atoms with Gasteiger partial charge >= 0.3 is 17.9 Å². The molecule has 0 amide bonds. The molecule has 29 heavy (non-hydrogen) atoms. The smallest absolute Gasteiger partial charge is 0.338 e. The normalized spacial score (nSPS) is 25.9. The van der Waals surface area contributed by atoms with Gasteiger partial charge in [0, 0.05) is 13.8 Å². The molecule has 0 saturated carbocycles. The van der Waals surface area contributed by atoms with E-state index in [2.05, 4.69) is 0 Å². The fourth-order valence-corrected chi connectivity index (χ4v) is 2.95. The lowest BCUT2D eigenvalue weighted by molar-refractivity contribution is -0.218. The van der Waals surface area contributed by atoms with Gasteiger partial charge in [0.2, 0.25) is 0 Å². The predicted molar refractivity (Wildman–Crippen MR) is 98.7 cm³/mol. The number of ether oxygens (including phenoxy) is 4. The second-order valence-corrected chi connectivity index (χ2v) is 6.44. The van der Waals surface area contributed by atoms with Crippen molar-refractivity contribution < 1.29 is 43.5 Å². The molecule has 0 fully saturated rings. The molecule has 0 bridgehead atoms. The van der Waals surface area contributed by atoms with Gasteiger partial charge in [-0.15, -0.1) is 0 Å². The lowest BCUT2D eigenvalue weighted by Crippen LogP contribution is -2.63. The number of hydrogen-bond donors (Lipinski definition) is 2. The number of carbonyl (C=O) groups is 3. The molecule has 158 valence electrons. The molecule has 2 rings (SSSR count). The van der Waals surface area contributed by atoms with Crippen LogP contribution >= 0.6 is 0 Å². The Kier molecular flexibility index (Phi) is 7.89. The predicted octanol–water partition coefficient (Wildman–Crippen LogP) is 0.385. The van der Waals surface area contributed by atoms with Crippen LogP contribution in [0.25, 0.3) is 0 Å². The van der Waals surface area contributed by atoms with Crippen molar-refractivity contribution in [2.75, 3.05) is 19.8 Å². The van der Waals surface area contributed by atoms with Gasteiger partial charge in [-0.25, -0.2) is 4.79 Å². The SMILES string of the molecule is CC(=O)O[C@H]1C=C[C@H](OCCO)[C@@](O)(COC(=O)c2ccccc2)[C@@H]1OC(C)=O. The standard InChI is InChI=1S/C20H24O9/c1-13(22)28-16-8-9-17(26-11-10-21)20(25,18(16)29-14(2)23)12-27-19(24)15-6-4-3-5-7-15/h3-9,16-18,21,25H,10-12H2,1-2H3/t16-,17-,18+,20-/m0/s1. The van der Waals surface area contributed by atoms with E-state index in [-0.39, 0.29) is 18.8 Å². The van der Waals surface area contributed by atoms with E-state index in [1.165, 1.54) is 31.2 Å².